The second-order valence-corrected chi connectivity index (χ2v) is 6.12. The van der Waals surface area contributed by atoms with Crippen molar-refractivity contribution in [2.45, 2.75) is 6.42 Å². The number of hydrogen-bond donors (Lipinski definition) is 2. The van der Waals surface area contributed by atoms with Gasteiger partial charge in [-0.25, -0.2) is 0 Å². The molecule has 1 aromatic carbocycles. The van der Waals surface area contributed by atoms with Crippen LogP contribution in [-0.4, -0.2) is 35.6 Å². The second kappa shape index (κ2) is 6.45. The van der Waals surface area contributed by atoms with E-state index < -0.39 is 0 Å². The van der Waals surface area contributed by atoms with Crippen molar-refractivity contribution in [2.24, 2.45) is 5.92 Å². The molecule has 1 aliphatic rings. The first-order valence-corrected chi connectivity index (χ1v) is 8.20. The van der Waals surface area contributed by atoms with Crippen molar-refractivity contribution >= 4 is 16.8 Å². The number of ether oxygens (including phenoxy) is 1. The summed E-state index contributed by atoms with van der Waals surface area (Å²) in [7, 11) is 0. The van der Waals surface area contributed by atoms with Gasteiger partial charge in [-0.15, -0.1) is 0 Å². The fourth-order valence-electron chi connectivity index (χ4n) is 3.08. The summed E-state index contributed by atoms with van der Waals surface area (Å²) in [5, 5.41) is 4.07. The summed E-state index contributed by atoms with van der Waals surface area (Å²) in [6.45, 7) is 2.21. The fourth-order valence-corrected chi connectivity index (χ4v) is 3.08. The predicted molar refractivity (Wildman–Crippen MR) is 92.8 cm³/mol. The number of carbonyl (C=O) groups excluding carboxylic acids is 1. The molecule has 5 heteroatoms. The van der Waals surface area contributed by atoms with Crippen molar-refractivity contribution in [1.29, 1.82) is 0 Å². The molecule has 1 amide bonds. The molecule has 0 radical (unpaired) electrons. The maximum Gasteiger partial charge on any atom is 0.251 e. The minimum Gasteiger partial charge on any atom is -0.381 e. The molecule has 3 heterocycles. The van der Waals surface area contributed by atoms with E-state index in [0.29, 0.717) is 18.0 Å². The van der Waals surface area contributed by atoms with E-state index in [0.717, 1.165) is 41.8 Å². The lowest BCUT2D eigenvalue weighted by molar-refractivity contribution is 0.0945. The maximum absolute atomic E-state index is 12.2. The monoisotopic (exact) mass is 321 g/mol. The highest BCUT2D eigenvalue weighted by Crippen LogP contribution is 2.26. The Morgan fingerprint density at radius 1 is 1.25 bits per heavy atom. The molecule has 0 saturated carbocycles. The lowest BCUT2D eigenvalue weighted by Gasteiger charge is -2.10. The molecule has 2 aromatic heterocycles. The van der Waals surface area contributed by atoms with Gasteiger partial charge < -0.3 is 15.0 Å². The Morgan fingerprint density at radius 2 is 2.12 bits per heavy atom. The molecule has 1 atom stereocenters. The number of amides is 1. The Bertz CT molecular complexity index is 848. The van der Waals surface area contributed by atoms with Crippen LogP contribution in [-0.2, 0) is 4.74 Å². The van der Waals surface area contributed by atoms with Crippen LogP contribution >= 0.6 is 0 Å². The Morgan fingerprint density at radius 3 is 2.92 bits per heavy atom. The zero-order valence-corrected chi connectivity index (χ0v) is 13.3. The Labute approximate surface area is 140 Å². The molecule has 1 saturated heterocycles. The van der Waals surface area contributed by atoms with Crippen molar-refractivity contribution in [3.05, 3.63) is 54.4 Å². The van der Waals surface area contributed by atoms with Crippen LogP contribution in [0.1, 0.15) is 16.8 Å². The predicted octanol–water partition coefficient (Wildman–Crippen LogP) is 3.00. The number of pyridine rings is 1. The summed E-state index contributed by atoms with van der Waals surface area (Å²) >= 11 is 0. The van der Waals surface area contributed by atoms with Crippen molar-refractivity contribution in [1.82, 2.24) is 15.3 Å². The van der Waals surface area contributed by atoms with Gasteiger partial charge in [-0.3, -0.25) is 9.78 Å². The molecule has 24 heavy (non-hydrogen) atoms. The molecule has 1 unspecified atom stereocenters. The first kappa shape index (κ1) is 14.9. The molecule has 3 aromatic rings. The van der Waals surface area contributed by atoms with Gasteiger partial charge in [-0.1, -0.05) is 12.1 Å². The lowest BCUT2D eigenvalue weighted by Crippen LogP contribution is -2.29. The number of hydrogen-bond acceptors (Lipinski definition) is 3. The summed E-state index contributed by atoms with van der Waals surface area (Å²) in [4.78, 5) is 19.9. The number of fused-ring (bicyclic) bond motifs is 1. The van der Waals surface area contributed by atoms with Crippen LogP contribution in [0.5, 0.6) is 0 Å². The number of rotatable bonds is 4. The van der Waals surface area contributed by atoms with E-state index in [-0.39, 0.29) is 5.91 Å². The van der Waals surface area contributed by atoms with E-state index in [9.17, 15) is 4.79 Å². The second-order valence-electron chi connectivity index (χ2n) is 6.12. The zero-order chi connectivity index (χ0) is 16.4. The highest BCUT2D eigenvalue weighted by atomic mass is 16.5. The van der Waals surface area contributed by atoms with Crippen molar-refractivity contribution in [3.63, 3.8) is 0 Å². The maximum atomic E-state index is 12.2. The molecular formula is C19H19N3O2. The molecule has 0 aliphatic carbocycles. The highest BCUT2D eigenvalue weighted by molar-refractivity contribution is 5.96. The number of H-pyrrole nitrogens is 1. The van der Waals surface area contributed by atoms with Gasteiger partial charge in [-0.2, -0.15) is 0 Å². The lowest BCUT2D eigenvalue weighted by atomic mass is 10.1. The summed E-state index contributed by atoms with van der Waals surface area (Å²) in [5.74, 6) is 0.393. The van der Waals surface area contributed by atoms with Crippen LogP contribution in [0, 0.1) is 5.92 Å². The summed E-state index contributed by atoms with van der Waals surface area (Å²) in [6, 6.07) is 11.6. The molecule has 0 spiro atoms. The van der Waals surface area contributed by atoms with Gasteiger partial charge in [-0.05, 0) is 30.7 Å². The average molecular weight is 321 g/mol. The van der Waals surface area contributed by atoms with E-state index in [1.807, 2.05) is 42.6 Å². The minimum absolute atomic E-state index is 0.0405. The van der Waals surface area contributed by atoms with E-state index >= 15 is 0 Å². The van der Waals surface area contributed by atoms with Crippen LogP contribution in [0.25, 0.3) is 22.2 Å². The molecule has 122 valence electrons. The quantitative estimate of drug-likeness (QED) is 0.776. The molecule has 1 aliphatic heterocycles. The molecule has 1 fully saturated rings. The molecule has 5 nitrogen and oxygen atoms in total. The van der Waals surface area contributed by atoms with Crippen molar-refractivity contribution in [2.75, 3.05) is 19.8 Å². The van der Waals surface area contributed by atoms with Gasteiger partial charge in [0.1, 0.15) is 0 Å². The van der Waals surface area contributed by atoms with E-state index in [1.165, 1.54) is 0 Å². The van der Waals surface area contributed by atoms with E-state index in [2.05, 4.69) is 15.3 Å². The number of aromatic amines is 1. The van der Waals surface area contributed by atoms with Crippen LogP contribution < -0.4 is 5.32 Å². The normalized spacial score (nSPS) is 17.2. The summed E-state index contributed by atoms with van der Waals surface area (Å²) < 4.78 is 5.33. The van der Waals surface area contributed by atoms with Crippen LogP contribution in [0.4, 0.5) is 0 Å². The molecule has 0 bridgehead atoms. The number of carbonyl (C=O) groups is 1. The van der Waals surface area contributed by atoms with Gasteiger partial charge in [0.2, 0.25) is 0 Å². The summed E-state index contributed by atoms with van der Waals surface area (Å²) in [5.41, 5.74) is 3.64. The topological polar surface area (TPSA) is 67.0 Å². The third-order valence-electron chi connectivity index (χ3n) is 4.47. The number of aromatic nitrogens is 2. The van der Waals surface area contributed by atoms with Crippen LogP contribution in [0.3, 0.4) is 0 Å². The number of nitrogens with one attached hydrogen (secondary N) is 2. The molecule has 4 rings (SSSR count). The highest BCUT2D eigenvalue weighted by Gasteiger charge is 2.17. The Kier molecular flexibility index (Phi) is 4.01. The van der Waals surface area contributed by atoms with Gasteiger partial charge in [0, 0.05) is 53.5 Å². The first-order valence-electron chi connectivity index (χ1n) is 8.20. The standard InChI is InChI=1S/C19H19N3O2/c23-19(22-11-13-7-10-24-12-13)15-3-1-14(2-4-15)18-16-5-8-20-17(16)6-9-21-18/h1-6,8-9,13,20H,7,10-12H2,(H,22,23). The smallest absolute Gasteiger partial charge is 0.251 e. The summed E-state index contributed by atoms with van der Waals surface area (Å²) in [6.07, 6.45) is 4.72. The van der Waals surface area contributed by atoms with Crippen LogP contribution in [0.15, 0.2) is 48.8 Å². The van der Waals surface area contributed by atoms with Gasteiger partial charge in [0.25, 0.3) is 5.91 Å². The SMILES string of the molecule is O=C(NCC1CCOC1)c1ccc(-c2nccc3[nH]ccc23)cc1. The van der Waals surface area contributed by atoms with E-state index in [1.54, 1.807) is 6.20 Å². The number of benzene rings is 1. The fraction of sp³-hybridized carbons (Fsp3) is 0.263. The average Bonchev–Trinajstić information content (AvgIpc) is 3.31. The van der Waals surface area contributed by atoms with Crippen LogP contribution in [0.2, 0.25) is 0 Å². The minimum atomic E-state index is -0.0405. The zero-order valence-electron chi connectivity index (χ0n) is 13.3. The van der Waals surface area contributed by atoms with Gasteiger partial charge in [0.05, 0.1) is 12.3 Å². The number of nitrogens with zero attached hydrogens (tertiary/aromatic N) is 1. The molecular weight excluding hydrogens is 302 g/mol. The molecule has 2 N–H and O–H groups in total. The Hall–Kier alpha value is -2.66. The largest absolute Gasteiger partial charge is 0.381 e. The van der Waals surface area contributed by atoms with Crippen molar-refractivity contribution < 1.29 is 9.53 Å². The van der Waals surface area contributed by atoms with Gasteiger partial charge >= 0.3 is 0 Å². The third-order valence-corrected chi connectivity index (χ3v) is 4.47. The van der Waals surface area contributed by atoms with Gasteiger partial charge in [0.15, 0.2) is 0 Å². The Balaban J connectivity index is 1.50. The third kappa shape index (κ3) is 2.90. The van der Waals surface area contributed by atoms with E-state index in [4.69, 9.17) is 4.74 Å². The first-order chi connectivity index (χ1) is 11.8. The van der Waals surface area contributed by atoms with Crippen molar-refractivity contribution in [3.8, 4) is 11.3 Å².